The van der Waals surface area contributed by atoms with Crippen molar-refractivity contribution in [2.24, 2.45) is 0 Å². The van der Waals surface area contributed by atoms with Crippen LogP contribution < -0.4 is 5.32 Å². The molecule has 1 N–H and O–H groups in total. The maximum Gasteiger partial charge on any atom is 0.243 e. The zero-order chi connectivity index (χ0) is 23.3. The molecule has 0 bridgehead atoms. The second-order valence-corrected chi connectivity index (χ2v) is 10.1. The van der Waals surface area contributed by atoms with Crippen molar-refractivity contribution in [1.82, 2.24) is 4.31 Å². The molecule has 0 unspecified atom stereocenters. The third kappa shape index (κ3) is 5.64. The first-order valence-electron chi connectivity index (χ1n) is 10.7. The van der Waals surface area contributed by atoms with Gasteiger partial charge in [0.15, 0.2) is 0 Å². The van der Waals surface area contributed by atoms with Crippen LogP contribution in [-0.2, 0) is 21.2 Å². The van der Waals surface area contributed by atoms with E-state index in [1.54, 1.807) is 19.1 Å². The number of hydrogen-bond acceptors (Lipinski definition) is 3. The summed E-state index contributed by atoms with van der Waals surface area (Å²) in [6.07, 6.45) is 0.515. The predicted octanol–water partition coefficient (Wildman–Crippen LogP) is 4.79. The number of amides is 1. The molecular formula is C26H30N2O3S. The van der Waals surface area contributed by atoms with Crippen LogP contribution in [0.1, 0.15) is 27.8 Å². The van der Waals surface area contributed by atoms with Gasteiger partial charge in [-0.2, -0.15) is 4.31 Å². The van der Waals surface area contributed by atoms with Gasteiger partial charge < -0.3 is 5.32 Å². The number of hydrogen-bond donors (Lipinski definition) is 1. The van der Waals surface area contributed by atoms with Gasteiger partial charge in [-0.25, -0.2) is 8.42 Å². The van der Waals surface area contributed by atoms with E-state index in [1.807, 2.05) is 75.4 Å². The number of nitrogens with zero attached hydrogens (tertiary/aromatic N) is 1. The van der Waals surface area contributed by atoms with Crippen molar-refractivity contribution in [2.75, 3.05) is 18.4 Å². The highest BCUT2D eigenvalue weighted by atomic mass is 32.2. The number of sulfonamides is 1. The monoisotopic (exact) mass is 450 g/mol. The van der Waals surface area contributed by atoms with Gasteiger partial charge in [0, 0.05) is 12.2 Å². The Morgan fingerprint density at radius 2 is 1.50 bits per heavy atom. The van der Waals surface area contributed by atoms with E-state index in [-0.39, 0.29) is 23.9 Å². The lowest BCUT2D eigenvalue weighted by atomic mass is 10.1. The Balaban J connectivity index is 1.89. The van der Waals surface area contributed by atoms with E-state index in [4.69, 9.17) is 0 Å². The highest BCUT2D eigenvalue weighted by Crippen LogP contribution is 2.23. The number of carbonyl (C=O) groups is 1. The first-order chi connectivity index (χ1) is 15.2. The third-order valence-corrected chi connectivity index (χ3v) is 7.51. The zero-order valence-electron chi connectivity index (χ0n) is 19.1. The van der Waals surface area contributed by atoms with Crippen molar-refractivity contribution in [2.45, 2.75) is 39.0 Å². The Morgan fingerprint density at radius 1 is 0.844 bits per heavy atom. The molecule has 0 aliphatic heterocycles. The molecule has 0 aliphatic carbocycles. The Hall–Kier alpha value is -2.96. The van der Waals surface area contributed by atoms with Gasteiger partial charge in [-0.15, -0.1) is 0 Å². The van der Waals surface area contributed by atoms with E-state index < -0.39 is 10.0 Å². The number of aryl methyl sites for hydroxylation is 4. The second-order valence-electron chi connectivity index (χ2n) is 8.16. The highest BCUT2D eigenvalue weighted by Gasteiger charge is 2.28. The fourth-order valence-electron chi connectivity index (χ4n) is 3.66. The van der Waals surface area contributed by atoms with Crippen LogP contribution in [-0.4, -0.2) is 31.7 Å². The van der Waals surface area contributed by atoms with Crippen LogP contribution in [0.3, 0.4) is 0 Å². The van der Waals surface area contributed by atoms with E-state index in [9.17, 15) is 13.2 Å². The molecule has 0 saturated heterocycles. The van der Waals surface area contributed by atoms with E-state index in [1.165, 1.54) is 4.31 Å². The van der Waals surface area contributed by atoms with Crippen molar-refractivity contribution in [3.63, 3.8) is 0 Å². The van der Waals surface area contributed by atoms with Gasteiger partial charge in [-0.05, 0) is 68.0 Å². The molecule has 3 rings (SSSR count). The maximum absolute atomic E-state index is 13.6. The van der Waals surface area contributed by atoms with Crippen molar-refractivity contribution >= 4 is 21.6 Å². The fourth-order valence-corrected chi connectivity index (χ4v) is 5.36. The molecule has 0 spiro atoms. The van der Waals surface area contributed by atoms with Crippen LogP contribution in [0.15, 0.2) is 71.6 Å². The first kappa shape index (κ1) is 23.7. The molecule has 0 fully saturated rings. The summed E-state index contributed by atoms with van der Waals surface area (Å²) in [4.78, 5) is 13.2. The average molecular weight is 451 g/mol. The van der Waals surface area contributed by atoms with Gasteiger partial charge in [-0.3, -0.25) is 4.79 Å². The summed E-state index contributed by atoms with van der Waals surface area (Å²) in [5, 5.41) is 2.91. The van der Waals surface area contributed by atoms with Crippen LogP contribution in [0.5, 0.6) is 0 Å². The Bertz CT molecular complexity index is 1180. The van der Waals surface area contributed by atoms with Gasteiger partial charge in [-0.1, -0.05) is 60.7 Å². The number of rotatable bonds is 8. The minimum atomic E-state index is -3.86. The highest BCUT2D eigenvalue weighted by molar-refractivity contribution is 7.89. The van der Waals surface area contributed by atoms with Crippen LogP contribution in [0.4, 0.5) is 5.69 Å². The van der Waals surface area contributed by atoms with Gasteiger partial charge >= 0.3 is 0 Å². The SMILES string of the molecule is Cc1ccc(C)c(S(=O)(=O)N(CCc2ccccc2)CC(=O)Nc2c(C)cccc2C)c1. The summed E-state index contributed by atoms with van der Waals surface area (Å²) in [6, 6.07) is 20.8. The lowest BCUT2D eigenvalue weighted by molar-refractivity contribution is -0.116. The molecule has 0 radical (unpaired) electrons. The molecule has 3 aromatic rings. The third-order valence-electron chi connectivity index (χ3n) is 5.52. The fraction of sp³-hybridized carbons (Fsp3) is 0.269. The molecule has 32 heavy (non-hydrogen) atoms. The summed E-state index contributed by atoms with van der Waals surface area (Å²) >= 11 is 0. The van der Waals surface area contributed by atoms with Gasteiger partial charge in [0.25, 0.3) is 0 Å². The quantitative estimate of drug-likeness (QED) is 0.536. The lowest BCUT2D eigenvalue weighted by Crippen LogP contribution is -2.39. The summed E-state index contributed by atoms with van der Waals surface area (Å²) < 4.78 is 28.5. The molecule has 1 amide bonds. The first-order valence-corrected chi connectivity index (χ1v) is 12.1. The molecule has 0 heterocycles. The Morgan fingerprint density at radius 3 is 2.16 bits per heavy atom. The smallest absolute Gasteiger partial charge is 0.243 e. The Labute approximate surface area is 191 Å². The van der Waals surface area contributed by atoms with E-state index in [0.717, 1.165) is 27.9 Å². The van der Waals surface area contributed by atoms with Crippen LogP contribution in [0.25, 0.3) is 0 Å². The van der Waals surface area contributed by atoms with Gasteiger partial charge in [0.05, 0.1) is 11.4 Å². The second kappa shape index (κ2) is 10.1. The summed E-state index contributed by atoms with van der Waals surface area (Å²) in [6.45, 7) is 7.43. The number of carbonyl (C=O) groups excluding carboxylic acids is 1. The molecule has 5 nitrogen and oxygen atoms in total. The topological polar surface area (TPSA) is 66.5 Å². The van der Waals surface area contributed by atoms with E-state index >= 15 is 0 Å². The molecule has 3 aromatic carbocycles. The zero-order valence-corrected chi connectivity index (χ0v) is 19.9. The van der Waals surface area contributed by atoms with E-state index in [2.05, 4.69) is 5.32 Å². The van der Waals surface area contributed by atoms with Gasteiger partial charge in [0.2, 0.25) is 15.9 Å². The van der Waals surface area contributed by atoms with Crippen molar-refractivity contribution in [3.05, 3.63) is 94.5 Å². The van der Waals surface area contributed by atoms with E-state index in [0.29, 0.717) is 12.0 Å². The van der Waals surface area contributed by atoms with Crippen LogP contribution >= 0.6 is 0 Å². The standard InChI is InChI=1S/C26H30N2O3S/c1-19-13-14-20(2)24(17-19)32(30,31)28(16-15-23-11-6-5-7-12-23)18-25(29)27-26-21(3)9-8-10-22(26)4/h5-14,17H,15-16,18H2,1-4H3,(H,27,29). The van der Waals surface area contributed by atoms with Gasteiger partial charge in [0.1, 0.15) is 0 Å². The molecular weight excluding hydrogens is 420 g/mol. The number of nitrogens with one attached hydrogen (secondary N) is 1. The van der Waals surface area contributed by atoms with Crippen molar-refractivity contribution in [1.29, 1.82) is 0 Å². The van der Waals surface area contributed by atoms with Crippen molar-refractivity contribution < 1.29 is 13.2 Å². The maximum atomic E-state index is 13.6. The van der Waals surface area contributed by atoms with Crippen molar-refractivity contribution in [3.8, 4) is 0 Å². The predicted molar refractivity (Wildman–Crippen MR) is 129 cm³/mol. The molecule has 0 atom stereocenters. The number of para-hydroxylation sites is 1. The molecule has 0 saturated carbocycles. The number of anilines is 1. The lowest BCUT2D eigenvalue weighted by Gasteiger charge is -2.23. The van der Waals surface area contributed by atoms with Crippen LogP contribution in [0.2, 0.25) is 0 Å². The molecule has 168 valence electrons. The summed E-state index contributed by atoms with van der Waals surface area (Å²) in [7, 11) is -3.86. The Kier molecular flexibility index (Phi) is 7.48. The largest absolute Gasteiger partial charge is 0.324 e. The molecule has 6 heteroatoms. The minimum Gasteiger partial charge on any atom is -0.324 e. The molecule has 0 aliphatic rings. The normalized spacial score (nSPS) is 11.5. The summed E-state index contributed by atoms with van der Waals surface area (Å²) in [5.74, 6) is -0.357. The summed E-state index contributed by atoms with van der Waals surface area (Å²) in [5.41, 5.74) is 5.14. The number of benzene rings is 3. The minimum absolute atomic E-state index is 0.208. The molecule has 0 aromatic heterocycles. The average Bonchev–Trinajstić information content (AvgIpc) is 2.76. The van der Waals surface area contributed by atoms with Crippen LogP contribution in [0, 0.1) is 27.7 Å².